The SMILES string of the molecule is C[C@H]1c2ccccc2C[C@H]2CCCC[C@@H]21. The van der Waals surface area contributed by atoms with E-state index in [1.807, 2.05) is 0 Å². The Hall–Kier alpha value is -0.780. The predicted molar refractivity (Wildman–Crippen MR) is 64.0 cm³/mol. The number of hydrogen-bond acceptors (Lipinski definition) is 0. The van der Waals surface area contributed by atoms with Gasteiger partial charge in [-0.1, -0.05) is 44.0 Å². The molecule has 15 heavy (non-hydrogen) atoms. The van der Waals surface area contributed by atoms with Gasteiger partial charge in [0.15, 0.2) is 0 Å². The number of rotatable bonds is 0. The van der Waals surface area contributed by atoms with Crippen LogP contribution in [0.15, 0.2) is 24.3 Å². The van der Waals surface area contributed by atoms with Crippen molar-refractivity contribution < 1.29 is 0 Å². The van der Waals surface area contributed by atoms with Gasteiger partial charge in [0.05, 0.1) is 0 Å². The van der Waals surface area contributed by atoms with Gasteiger partial charge in [-0.15, -0.1) is 0 Å². The number of benzene rings is 1. The van der Waals surface area contributed by atoms with Crippen molar-refractivity contribution in [1.29, 1.82) is 0 Å². The minimum Gasteiger partial charge on any atom is -0.0620 e. The molecule has 3 atom stereocenters. The van der Waals surface area contributed by atoms with E-state index in [2.05, 4.69) is 31.2 Å². The zero-order valence-corrected chi connectivity index (χ0v) is 9.58. The Morgan fingerprint density at radius 3 is 2.80 bits per heavy atom. The first-order valence-electron chi connectivity index (χ1n) is 6.44. The van der Waals surface area contributed by atoms with Crippen LogP contribution in [0.2, 0.25) is 0 Å². The molecule has 0 saturated heterocycles. The first-order chi connectivity index (χ1) is 7.36. The van der Waals surface area contributed by atoms with Crippen molar-refractivity contribution in [2.75, 3.05) is 0 Å². The van der Waals surface area contributed by atoms with E-state index in [1.54, 1.807) is 11.1 Å². The van der Waals surface area contributed by atoms with Gasteiger partial charge in [-0.2, -0.15) is 0 Å². The fourth-order valence-corrected chi connectivity index (χ4v) is 3.83. The lowest BCUT2D eigenvalue weighted by atomic mass is 9.64. The molecule has 80 valence electrons. The Balaban J connectivity index is 1.98. The molecule has 0 bridgehead atoms. The third-order valence-corrected chi connectivity index (χ3v) is 4.64. The summed E-state index contributed by atoms with van der Waals surface area (Å²) in [4.78, 5) is 0. The average molecular weight is 200 g/mol. The summed E-state index contributed by atoms with van der Waals surface area (Å²) < 4.78 is 0. The van der Waals surface area contributed by atoms with Crippen molar-refractivity contribution in [1.82, 2.24) is 0 Å². The number of hydrogen-bond donors (Lipinski definition) is 0. The molecule has 0 N–H and O–H groups in total. The van der Waals surface area contributed by atoms with Crippen molar-refractivity contribution in [2.24, 2.45) is 11.8 Å². The molecule has 0 nitrogen and oxygen atoms in total. The van der Waals surface area contributed by atoms with Crippen molar-refractivity contribution in [2.45, 2.75) is 44.9 Å². The minimum absolute atomic E-state index is 0.806. The van der Waals surface area contributed by atoms with Gasteiger partial charge in [0, 0.05) is 0 Å². The van der Waals surface area contributed by atoms with Crippen LogP contribution < -0.4 is 0 Å². The maximum absolute atomic E-state index is 2.45. The first kappa shape index (κ1) is 9.45. The summed E-state index contributed by atoms with van der Waals surface area (Å²) in [6.07, 6.45) is 7.23. The topological polar surface area (TPSA) is 0 Å². The second-order valence-corrected chi connectivity index (χ2v) is 5.40. The highest BCUT2D eigenvalue weighted by Gasteiger charge is 2.34. The van der Waals surface area contributed by atoms with Crippen molar-refractivity contribution in [3.63, 3.8) is 0 Å². The first-order valence-corrected chi connectivity index (χ1v) is 6.44. The van der Waals surface area contributed by atoms with Crippen molar-refractivity contribution >= 4 is 0 Å². The fourth-order valence-electron chi connectivity index (χ4n) is 3.83. The maximum Gasteiger partial charge on any atom is -0.0157 e. The van der Waals surface area contributed by atoms with E-state index >= 15 is 0 Å². The molecule has 0 aliphatic heterocycles. The summed E-state index contributed by atoms with van der Waals surface area (Å²) in [6.45, 7) is 2.45. The van der Waals surface area contributed by atoms with E-state index in [0.717, 1.165) is 17.8 Å². The van der Waals surface area contributed by atoms with E-state index in [0.29, 0.717) is 0 Å². The highest BCUT2D eigenvalue weighted by molar-refractivity contribution is 5.33. The van der Waals surface area contributed by atoms with Crippen LogP contribution in [0.5, 0.6) is 0 Å². The van der Waals surface area contributed by atoms with Crippen molar-refractivity contribution in [3.8, 4) is 0 Å². The van der Waals surface area contributed by atoms with E-state index < -0.39 is 0 Å². The number of fused-ring (bicyclic) bond motifs is 2. The second kappa shape index (κ2) is 3.66. The van der Waals surface area contributed by atoms with E-state index in [1.165, 1.54) is 32.1 Å². The standard InChI is InChI=1S/C15H20/c1-11-14-8-4-2-6-12(14)10-13-7-3-5-9-15(11)13/h2,4,6,8,11,13,15H,3,5,7,9-10H2,1H3/t11-,13+,15+/m0/s1. The molecule has 0 aromatic heterocycles. The molecule has 2 aliphatic carbocycles. The fraction of sp³-hybridized carbons (Fsp3) is 0.600. The van der Waals surface area contributed by atoms with Gasteiger partial charge in [0.2, 0.25) is 0 Å². The Morgan fingerprint density at radius 1 is 1.07 bits per heavy atom. The largest absolute Gasteiger partial charge is 0.0620 e. The maximum atomic E-state index is 2.45. The lowest BCUT2D eigenvalue weighted by Gasteiger charge is -2.41. The average Bonchev–Trinajstić information content (AvgIpc) is 2.30. The van der Waals surface area contributed by atoms with Gasteiger partial charge in [0.25, 0.3) is 0 Å². The normalized spacial score (nSPS) is 34.3. The molecule has 1 fully saturated rings. The summed E-state index contributed by atoms with van der Waals surface area (Å²) in [6, 6.07) is 9.11. The molecule has 3 rings (SSSR count). The molecular weight excluding hydrogens is 180 g/mol. The zero-order valence-electron chi connectivity index (χ0n) is 9.58. The van der Waals surface area contributed by atoms with Crippen LogP contribution in [0.3, 0.4) is 0 Å². The van der Waals surface area contributed by atoms with E-state index in [-0.39, 0.29) is 0 Å². The molecule has 0 unspecified atom stereocenters. The summed E-state index contributed by atoms with van der Waals surface area (Å²) in [5.41, 5.74) is 3.27. The minimum atomic E-state index is 0.806. The Bertz CT molecular complexity index is 353. The molecule has 0 spiro atoms. The van der Waals surface area contributed by atoms with Gasteiger partial charge in [0.1, 0.15) is 0 Å². The summed E-state index contributed by atoms with van der Waals surface area (Å²) in [5.74, 6) is 2.78. The third kappa shape index (κ3) is 1.51. The van der Waals surface area contributed by atoms with Gasteiger partial charge < -0.3 is 0 Å². The Morgan fingerprint density at radius 2 is 1.87 bits per heavy atom. The predicted octanol–water partition coefficient (Wildman–Crippen LogP) is 4.15. The van der Waals surface area contributed by atoms with Crippen LogP contribution in [0.1, 0.15) is 49.7 Å². The molecule has 2 aliphatic rings. The molecule has 0 heterocycles. The Labute approximate surface area is 92.7 Å². The van der Waals surface area contributed by atoms with Crippen LogP contribution in [0, 0.1) is 11.8 Å². The summed E-state index contributed by atoms with van der Waals surface area (Å²) >= 11 is 0. The molecule has 0 radical (unpaired) electrons. The summed E-state index contributed by atoms with van der Waals surface area (Å²) in [5, 5.41) is 0. The van der Waals surface area contributed by atoms with E-state index in [9.17, 15) is 0 Å². The second-order valence-electron chi connectivity index (χ2n) is 5.40. The quantitative estimate of drug-likeness (QED) is 0.590. The monoisotopic (exact) mass is 200 g/mol. The molecule has 0 amide bonds. The third-order valence-electron chi connectivity index (χ3n) is 4.64. The van der Waals surface area contributed by atoms with Crippen LogP contribution in [-0.4, -0.2) is 0 Å². The molecule has 1 saturated carbocycles. The summed E-state index contributed by atoms with van der Waals surface area (Å²) in [7, 11) is 0. The molecule has 0 heteroatoms. The van der Waals surface area contributed by atoms with Gasteiger partial charge in [-0.3, -0.25) is 0 Å². The smallest absolute Gasteiger partial charge is 0.0157 e. The zero-order chi connectivity index (χ0) is 10.3. The van der Waals surface area contributed by atoms with Gasteiger partial charge in [-0.05, 0) is 48.1 Å². The molecule has 1 aromatic carbocycles. The van der Waals surface area contributed by atoms with Crippen LogP contribution >= 0.6 is 0 Å². The van der Waals surface area contributed by atoms with E-state index in [4.69, 9.17) is 0 Å². The van der Waals surface area contributed by atoms with Gasteiger partial charge in [-0.25, -0.2) is 0 Å². The van der Waals surface area contributed by atoms with Gasteiger partial charge >= 0.3 is 0 Å². The molecule has 1 aromatic rings. The Kier molecular flexibility index (Phi) is 2.31. The highest BCUT2D eigenvalue weighted by Crippen LogP contribution is 2.46. The van der Waals surface area contributed by atoms with Crippen molar-refractivity contribution in [3.05, 3.63) is 35.4 Å². The lowest BCUT2D eigenvalue weighted by molar-refractivity contribution is 0.191. The molecular formula is C15H20. The lowest BCUT2D eigenvalue weighted by Crippen LogP contribution is -2.30. The van der Waals surface area contributed by atoms with Crippen LogP contribution in [-0.2, 0) is 6.42 Å². The van der Waals surface area contributed by atoms with Crippen LogP contribution in [0.25, 0.3) is 0 Å². The highest BCUT2D eigenvalue weighted by atomic mass is 14.4. The van der Waals surface area contributed by atoms with Crippen LogP contribution in [0.4, 0.5) is 0 Å².